The average molecular weight is 204 g/mol. The summed E-state index contributed by atoms with van der Waals surface area (Å²) >= 11 is 0. The highest BCUT2D eigenvalue weighted by Gasteiger charge is 1.99. The van der Waals surface area contributed by atoms with Crippen LogP contribution in [0.3, 0.4) is 0 Å². The van der Waals surface area contributed by atoms with Gasteiger partial charge in [-0.3, -0.25) is 0 Å². The van der Waals surface area contributed by atoms with Gasteiger partial charge in [0.05, 0.1) is 6.54 Å². The molecule has 0 saturated heterocycles. The summed E-state index contributed by atoms with van der Waals surface area (Å²) in [7, 11) is 1.92. The van der Waals surface area contributed by atoms with Crippen molar-refractivity contribution in [3.8, 4) is 0 Å². The smallest absolute Gasteiger partial charge is 0.146 e. The van der Waals surface area contributed by atoms with Gasteiger partial charge in [0.1, 0.15) is 18.5 Å². The molecule has 6 nitrogen and oxygen atoms in total. The molecule has 0 radical (unpaired) electrons. The minimum absolute atomic E-state index is 0.686. The van der Waals surface area contributed by atoms with Crippen LogP contribution in [0.15, 0.2) is 25.0 Å². The van der Waals surface area contributed by atoms with Gasteiger partial charge in [-0.1, -0.05) is 0 Å². The van der Waals surface area contributed by atoms with Crippen LogP contribution in [0, 0.1) is 0 Å². The molecule has 0 aromatic carbocycles. The molecule has 0 unspecified atom stereocenters. The first kappa shape index (κ1) is 9.72. The number of hydrogen-bond donors (Lipinski definition) is 1. The summed E-state index contributed by atoms with van der Waals surface area (Å²) in [5.74, 6) is 0.909. The second-order valence-corrected chi connectivity index (χ2v) is 3.21. The van der Waals surface area contributed by atoms with E-state index in [0.29, 0.717) is 6.54 Å². The van der Waals surface area contributed by atoms with E-state index >= 15 is 0 Å². The lowest BCUT2D eigenvalue weighted by atomic mass is 10.3. The van der Waals surface area contributed by atoms with E-state index in [1.54, 1.807) is 18.7 Å². The largest absolute Gasteiger partial charge is 0.320 e. The second kappa shape index (κ2) is 4.61. The fourth-order valence-corrected chi connectivity index (χ4v) is 1.21. The summed E-state index contributed by atoms with van der Waals surface area (Å²) in [5.41, 5.74) is 1.06. The van der Waals surface area contributed by atoms with Gasteiger partial charge in [0, 0.05) is 31.5 Å². The van der Waals surface area contributed by atoms with Gasteiger partial charge in [0.15, 0.2) is 0 Å². The molecule has 0 atom stereocenters. The highest BCUT2D eigenvalue weighted by Crippen LogP contribution is 1.94. The first-order chi connectivity index (χ1) is 7.36. The molecule has 2 heterocycles. The fourth-order valence-electron chi connectivity index (χ4n) is 1.21. The molecule has 1 N–H and O–H groups in total. The van der Waals surface area contributed by atoms with Crippen molar-refractivity contribution >= 4 is 0 Å². The summed E-state index contributed by atoms with van der Waals surface area (Å²) < 4.78 is 1.88. The summed E-state index contributed by atoms with van der Waals surface area (Å²) in [6, 6.07) is 0. The number of rotatable bonds is 4. The number of hydrogen-bond acceptors (Lipinski definition) is 5. The van der Waals surface area contributed by atoms with Crippen LogP contribution < -0.4 is 5.32 Å². The lowest BCUT2D eigenvalue weighted by Crippen LogP contribution is -2.15. The third-order valence-electron chi connectivity index (χ3n) is 2.03. The molecule has 0 spiro atoms. The monoisotopic (exact) mass is 204 g/mol. The maximum Gasteiger partial charge on any atom is 0.146 e. The van der Waals surface area contributed by atoms with E-state index in [0.717, 1.165) is 17.9 Å². The molecule has 0 amide bonds. The van der Waals surface area contributed by atoms with Crippen LogP contribution in [-0.2, 0) is 20.1 Å². The first-order valence-electron chi connectivity index (χ1n) is 4.64. The molecular formula is C9H12N6. The minimum atomic E-state index is 0.686. The third-order valence-corrected chi connectivity index (χ3v) is 2.03. The highest BCUT2D eigenvalue weighted by molar-refractivity contribution is 5.01. The van der Waals surface area contributed by atoms with Crippen LogP contribution >= 0.6 is 0 Å². The number of nitrogens with zero attached hydrogens (tertiary/aromatic N) is 5. The van der Waals surface area contributed by atoms with E-state index < -0.39 is 0 Å². The van der Waals surface area contributed by atoms with Gasteiger partial charge >= 0.3 is 0 Å². The van der Waals surface area contributed by atoms with E-state index in [2.05, 4.69) is 25.5 Å². The molecule has 0 saturated carbocycles. The Labute approximate surface area is 87.4 Å². The standard InChI is InChI=1S/C9H12N6/c1-15-7-13-14-9(15)5-10-2-8-3-11-6-12-4-8/h3-4,6-7,10H,2,5H2,1H3. The SMILES string of the molecule is Cn1cnnc1CNCc1cncnc1. The van der Waals surface area contributed by atoms with Gasteiger partial charge < -0.3 is 9.88 Å². The molecular weight excluding hydrogens is 192 g/mol. The highest BCUT2D eigenvalue weighted by atomic mass is 15.3. The van der Waals surface area contributed by atoms with Gasteiger partial charge in [0.25, 0.3) is 0 Å². The summed E-state index contributed by atoms with van der Waals surface area (Å²) in [6.07, 6.45) is 6.78. The lowest BCUT2D eigenvalue weighted by Gasteiger charge is -2.03. The molecule has 15 heavy (non-hydrogen) atoms. The quantitative estimate of drug-likeness (QED) is 0.753. The minimum Gasteiger partial charge on any atom is -0.320 e. The summed E-state index contributed by atoms with van der Waals surface area (Å²) in [5, 5.41) is 11.0. The summed E-state index contributed by atoms with van der Waals surface area (Å²) in [6.45, 7) is 1.42. The van der Waals surface area contributed by atoms with Gasteiger partial charge in [-0.05, 0) is 0 Å². The predicted octanol–water partition coefficient (Wildman–Crippen LogP) is -0.105. The predicted molar refractivity (Wildman–Crippen MR) is 53.6 cm³/mol. The fraction of sp³-hybridized carbons (Fsp3) is 0.333. The van der Waals surface area contributed by atoms with Crippen molar-refractivity contribution in [2.45, 2.75) is 13.1 Å². The molecule has 2 aromatic rings. The van der Waals surface area contributed by atoms with Crippen molar-refractivity contribution in [2.24, 2.45) is 7.05 Å². The Morgan fingerprint density at radius 3 is 2.73 bits per heavy atom. The Hall–Kier alpha value is -1.82. The Kier molecular flexibility index (Phi) is 2.99. The van der Waals surface area contributed by atoms with Crippen LogP contribution in [0.2, 0.25) is 0 Å². The maximum absolute atomic E-state index is 3.97. The van der Waals surface area contributed by atoms with E-state index in [9.17, 15) is 0 Å². The van der Waals surface area contributed by atoms with Gasteiger partial charge in [-0.25, -0.2) is 9.97 Å². The lowest BCUT2D eigenvalue weighted by molar-refractivity contribution is 0.634. The van der Waals surface area contributed by atoms with Crippen molar-refractivity contribution in [1.29, 1.82) is 0 Å². The Morgan fingerprint density at radius 1 is 1.27 bits per heavy atom. The Balaban J connectivity index is 1.83. The van der Waals surface area contributed by atoms with Gasteiger partial charge in [0.2, 0.25) is 0 Å². The van der Waals surface area contributed by atoms with Crippen LogP contribution in [0.1, 0.15) is 11.4 Å². The Morgan fingerprint density at radius 2 is 2.07 bits per heavy atom. The van der Waals surface area contributed by atoms with Gasteiger partial charge in [-0.2, -0.15) is 0 Å². The van der Waals surface area contributed by atoms with Gasteiger partial charge in [-0.15, -0.1) is 10.2 Å². The van der Waals surface area contributed by atoms with E-state index in [-0.39, 0.29) is 0 Å². The topological polar surface area (TPSA) is 68.5 Å². The molecule has 78 valence electrons. The third kappa shape index (κ3) is 2.57. The van der Waals surface area contributed by atoms with Crippen LogP contribution in [0.25, 0.3) is 0 Å². The van der Waals surface area contributed by atoms with E-state index in [1.165, 1.54) is 6.33 Å². The first-order valence-corrected chi connectivity index (χ1v) is 4.64. The number of aromatic nitrogens is 5. The van der Waals surface area contributed by atoms with Crippen LogP contribution in [0.5, 0.6) is 0 Å². The second-order valence-electron chi connectivity index (χ2n) is 3.21. The maximum atomic E-state index is 3.97. The zero-order chi connectivity index (χ0) is 10.5. The van der Waals surface area contributed by atoms with E-state index in [4.69, 9.17) is 0 Å². The zero-order valence-corrected chi connectivity index (χ0v) is 8.46. The molecule has 0 aliphatic rings. The van der Waals surface area contributed by atoms with Crippen molar-refractivity contribution in [3.05, 3.63) is 36.4 Å². The zero-order valence-electron chi connectivity index (χ0n) is 8.46. The van der Waals surface area contributed by atoms with Crippen molar-refractivity contribution in [1.82, 2.24) is 30.0 Å². The molecule has 0 aliphatic carbocycles. The van der Waals surface area contributed by atoms with Crippen molar-refractivity contribution in [2.75, 3.05) is 0 Å². The van der Waals surface area contributed by atoms with E-state index in [1.807, 2.05) is 11.6 Å². The number of aryl methyl sites for hydroxylation is 1. The molecule has 0 aliphatic heterocycles. The van der Waals surface area contributed by atoms with Crippen LogP contribution in [-0.4, -0.2) is 24.7 Å². The van der Waals surface area contributed by atoms with Crippen LogP contribution in [0.4, 0.5) is 0 Å². The average Bonchev–Trinajstić information content (AvgIpc) is 2.66. The molecule has 6 heteroatoms. The summed E-state index contributed by atoms with van der Waals surface area (Å²) in [4.78, 5) is 7.87. The molecule has 2 aromatic heterocycles. The van der Waals surface area contributed by atoms with Crippen molar-refractivity contribution in [3.63, 3.8) is 0 Å². The normalized spacial score (nSPS) is 10.5. The molecule has 0 fully saturated rings. The molecule has 0 bridgehead atoms. The Bertz CT molecular complexity index is 410. The number of nitrogens with one attached hydrogen (secondary N) is 1. The molecule has 2 rings (SSSR count). The van der Waals surface area contributed by atoms with Crippen molar-refractivity contribution < 1.29 is 0 Å².